The molecule has 0 aromatic heterocycles. The van der Waals surface area contributed by atoms with Crippen molar-refractivity contribution in [2.24, 2.45) is 0 Å². The summed E-state index contributed by atoms with van der Waals surface area (Å²) in [5, 5.41) is 3.10. The molecule has 0 aliphatic carbocycles. The Balaban J connectivity index is 1.57. The number of amides is 2. The smallest absolute Gasteiger partial charge is 0.254 e. The molecule has 1 heterocycles. The lowest BCUT2D eigenvalue weighted by Crippen LogP contribution is -2.46. The molecule has 1 saturated heterocycles. The van der Waals surface area contributed by atoms with E-state index < -0.39 is 0 Å². The lowest BCUT2D eigenvalue weighted by atomic mass is 10.0. The van der Waals surface area contributed by atoms with Crippen molar-refractivity contribution >= 4 is 27.7 Å². The summed E-state index contributed by atoms with van der Waals surface area (Å²) in [6, 6.07) is 15.2. The number of piperidine rings is 1. The first kappa shape index (κ1) is 17.7. The predicted molar refractivity (Wildman–Crippen MR) is 102 cm³/mol. The maximum Gasteiger partial charge on any atom is 0.254 e. The summed E-state index contributed by atoms with van der Waals surface area (Å²) in [6.45, 7) is 3.24. The summed E-state index contributed by atoms with van der Waals surface area (Å²) in [6.07, 6.45) is 1.54. The van der Waals surface area contributed by atoms with Crippen LogP contribution in [0.2, 0.25) is 0 Å². The highest BCUT2D eigenvalue weighted by Crippen LogP contribution is 2.20. The molecule has 1 aliphatic heterocycles. The molecule has 2 aromatic rings. The quantitative estimate of drug-likeness (QED) is 0.851. The van der Waals surface area contributed by atoms with Crippen LogP contribution in [-0.4, -0.2) is 35.8 Å². The zero-order chi connectivity index (χ0) is 17.8. The Bertz CT molecular complexity index is 783. The molecule has 3 rings (SSSR count). The SMILES string of the molecule is Cc1ccccc1C(=O)NC1CCN(C(=O)c2ccccc2Br)CC1. The van der Waals surface area contributed by atoms with E-state index in [0.29, 0.717) is 24.2 Å². The standard InChI is InChI=1S/C20H21BrN2O2/c1-14-6-2-3-7-16(14)19(24)22-15-10-12-23(13-11-15)20(25)17-8-4-5-9-18(17)21/h2-9,15H,10-13H2,1H3,(H,22,24). The Morgan fingerprint density at radius 2 is 1.60 bits per heavy atom. The number of hydrogen-bond acceptors (Lipinski definition) is 2. The van der Waals surface area contributed by atoms with E-state index in [4.69, 9.17) is 0 Å². The molecular weight excluding hydrogens is 380 g/mol. The molecule has 4 nitrogen and oxygen atoms in total. The van der Waals surface area contributed by atoms with Crippen LogP contribution in [0.4, 0.5) is 0 Å². The minimum atomic E-state index is -0.0336. The van der Waals surface area contributed by atoms with Crippen molar-refractivity contribution in [2.45, 2.75) is 25.8 Å². The first-order chi connectivity index (χ1) is 12.1. The van der Waals surface area contributed by atoms with Crippen LogP contribution in [0.15, 0.2) is 53.0 Å². The van der Waals surface area contributed by atoms with E-state index in [1.54, 1.807) is 0 Å². The highest BCUT2D eigenvalue weighted by Gasteiger charge is 2.25. The first-order valence-corrected chi connectivity index (χ1v) is 9.26. The normalized spacial score (nSPS) is 15.0. The van der Waals surface area contributed by atoms with Crippen LogP contribution in [0.1, 0.15) is 39.1 Å². The lowest BCUT2D eigenvalue weighted by molar-refractivity contribution is 0.0697. The summed E-state index contributed by atoms with van der Waals surface area (Å²) in [5.74, 6) is 0.00448. The third kappa shape index (κ3) is 4.10. The van der Waals surface area contributed by atoms with E-state index in [2.05, 4.69) is 21.2 Å². The summed E-state index contributed by atoms with van der Waals surface area (Å²) >= 11 is 3.44. The van der Waals surface area contributed by atoms with Crippen molar-refractivity contribution in [3.8, 4) is 0 Å². The number of carbonyl (C=O) groups is 2. The van der Waals surface area contributed by atoms with Crippen molar-refractivity contribution in [2.75, 3.05) is 13.1 Å². The van der Waals surface area contributed by atoms with Crippen LogP contribution >= 0.6 is 15.9 Å². The number of rotatable bonds is 3. The van der Waals surface area contributed by atoms with Gasteiger partial charge in [0.2, 0.25) is 0 Å². The van der Waals surface area contributed by atoms with Crippen molar-refractivity contribution in [3.63, 3.8) is 0 Å². The van der Waals surface area contributed by atoms with Crippen LogP contribution < -0.4 is 5.32 Å². The van der Waals surface area contributed by atoms with Crippen LogP contribution in [0.5, 0.6) is 0 Å². The maximum atomic E-state index is 12.6. The van der Waals surface area contributed by atoms with Crippen molar-refractivity contribution < 1.29 is 9.59 Å². The van der Waals surface area contributed by atoms with E-state index in [-0.39, 0.29) is 17.9 Å². The second-order valence-electron chi connectivity index (χ2n) is 6.33. The van der Waals surface area contributed by atoms with Gasteiger partial charge in [-0.05, 0) is 59.5 Å². The molecule has 0 saturated carbocycles. The number of benzene rings is 2. The number of nitrogens with zero attached hydrogens (tertiary/aromatic N) is 1. The summed E-state index contributed by atoms with van der Waals surface area (Å²) in [5.41, 5.74) is 2.38. The fourth-order valence-electron chi connectivity index (χ4n) is 3.12. The number of hydrogen-bond donors (Lipinski definition) is 1. The number of aryl methyl sites for hydroxylation is 1. The Morgan fingerprint density at radius 1 is 1.00 bits per heavy atom. The van der Waals surface area contributed by atoms with Gasteiger partial charge in [0.15, 0.2) is 0 Å². The van der Waals surface area contributed by atoms with Gasteiger partial charge in [0.05, 0.1) is 5.56 Å². The van der Waals surface area contributed by atoms with Gasteiger partial charge >= 0.3 is 0 Å². The molecule has 0 unspecified atom stereocenters. The molecule has 0 radical (unpaired) electrons. The van der Waals surface area contributed by atoms with Gasteiger partial charge in [-0.1, -0.05) is 30.3 Å². The molecular formula is C20H21BrN2O2. The van der Waals surface area contributed by atoms with E-state index in [1.165, 1.54) is 0 Å². The van der Waals surface area contributed by atoms with Gasteiger partial charge in [0.1, 0.15) is 0 Å². The number of nitrogens with one attached hydrogen (secondary N) is 1. The average molecular weight is 401 g/mol. The van der Waals surface area contributed by atoms with Crippen molar-refractivity contribution in [1.29, 1.82) is 0 Å². The van der Waals surface area contributed by atoms with Crippen molar-refractivity contribution in [3.05, 3.63) is 69.7 Å². The van der Waals surface area contributed by atoms with Gasteiger partial charge < -0.3 is 10.2 Å². The third-order valence-corrected chi connectivity index (χ3v) is 5.30. The molecule has 0 atom stereocenters. The summed E-state index contributed by atoms with van der Waals surface area (Å²) in [4.78, 5) is 26.9. The topological polar surface area (TPSA) is 49.4 Å². The fourth-order valence-corrected chi connectivity index (χ4v) is 3.58. The molecule has 1 N–H and O–H groups in total. The number of halogens is 1. The number of likely N-dealkylation sites (tertiary alicyclic amines) is 1. The Labute approximate surface area is 156 Å². The minimum Gasteiger partial charge on any atom is -0.349 e. The van der Waals surface area contributed by atoms with Gasteiger partial charge in [-0.15, -0.1) is 0 Å². The van der Waals surface area contributed by atoms with Gasteiger partial charge in [0, 0.05) is 29.2 Å². The highest BCUT2D eigenvalue weighted by atomic mass is 79.9. The molecule has 0 bridgehead atoms. The van der Waals surface area contributed by atoms with E-state index in [1.807, 2.05) is 60.4 Å². The second kappa shape index (κ2) is 7.83. The van der Waals surface area contributed by atoms with Gasteiger partial charge in [-0.2, -0.15) is 0 Å². The second-order valence-corrected chi connectivity index (χ2v) is 7.19. The molecule has 0 spiro atoms. The third-order valence-electron chi connectivity index (χ3n) is 4.61. The monoisotopic (exact) mass is 400 g/mol. The van der Waals surface area contributed by atoms with Crippen LogP contribution in [-0.2, 0) is 0 Å². The predicted octanol–water partition coefficient (Wildman–Crippen LogP) is 3.79. The highest BCUT2D eigenvalue weighted by molar-refractivity contribution is 9.10. The summed E-state index contributed by atoms with van der Waals surface area (Å²) in [7, 11) is 0. The Morgan fingerprint density at radius 3 is 2.24 bits per heavy atom. The molecule has 2 aromatic carbocycles. The van der Waals surface area contributed by atoms with Crippen LogP contribution in [0.3, 0.4) is 0 Å². The molecule has 130 valence electrons. The van der Waals surface area contributed by atoms with Gasteiger partial charge in [-0.3, -0.25) is 9.59 Å². The van der Waals surface area contributed by atoms with Gasteiger partial charge in [-0.25, -0.2) is 0 Å². The average Bonchev–Trinajstić information content (AvgIpc) is 2.62. The van der Waals surface area contributed by atoms with E-state index in [0.717, 1.165) is 22.9 Å². The molecule has 2 amide bonds. The molecule has 25 heavy (non-hydrogen) atoms. The van der Waals surface area contributed by atoms with Crippen molar-refractivity contribution in [1.82, 2.24) is 10.2 Å². The van der Waals surface area contributed by atoms with E-state index in [9.17, 15) is 9.59 Å². The zero-order valence-corrected chi connectivity index (χ0v) is 15.8. The maximum absolute atomic E-state index is 12.6. The Hall–Kier alpha value is -2.14. The largest absolute Gasteiger partial charge is 0.349 e. The van der Waals surface area contributed by atoms with Crippen LogP contribution in [0.25, 0.3) is 0 Å². The lowest BCUT2D eigenvalue weighted by Gasteiger charge is -2.32. The molecule has 1 fully saturated rings. The molecule has 5 heteroatoms. The first-order valence-electron chi connectivity index (χ1n) is 8.46. The van der Waals surface area contributed by atoms with Crippen LogP contribution in [0, 0.1) is 6.92 Å². The zero-order valence-electron chi connectivity index (χ0n) is 14.2. The minimum absolute atomic E-state index is 0.0336. The summed E-state index contributed by atoms with van der Waals surface area (Å²) < 4.78 is 0.815. The van der Waals surface area contributed by atoms with E-state index >= 15 is 0 Å². The molecule has 1 aliphatic rings. The fraction of sp³-hybridized carbons (Fsp3) is 0.300. The Kier molecular flexibility index (Phi) is 5.53. The number of carbonyl (C=O) groups excluding carboxylic acids is 2. The van der Waals surface area contributed by atoms with Gasteiger partial charge in [0.25, 0.3) is 11.8 Å².